The van der Waals surface area contributed by atoms with E-state index in [9.17, 15) is 21.2 Å². The largest absolute Gasteiger partial charge is 0.381 e. The van der Waals surface area contributed by atoms with Gasteiger partial charge in [-0.1, -0.05) is 12.1 Å². The Balaban J connectivity index is 1.57. The minimum absolute atomic E-state index is 0.0173. The lowest BCUT2D eigenvalue weighted by Gasteiger charge is -2.30. The summed E-state index contributed by atoms with van der Waals surface area (Å²) in [5, 5.41) is 8.69. The average Bonchev–Trinajstić information content (AvgIpc) is 3.33. The summed E-state index contributed by atoms with van der Waals surface area (Å²) in [5.74, 6) is -0.564. The molecular weight excluding hydrogens is 529 g/mol. The molecule has 0 radical (unpaired) electrons. The van der Waals surface area contributed by atoms with Crippen molar-refractivity contribution in [2.24, 2.45) is 5.14 Å². The molecule has 38 heavy (non-hydrogen) atoms. The van der Waals surface area contributed by atoms with Gasteiger partial charge in [-0.25, -0.2) is 30.3 Å². The van der Waals surface area contributed by atoms with Gasteiger partial charge in [0.05, 0.1) is 10.6 Å². The van der Waals surface area contributed by atoms with Gasteiger partial charge in [-0.3, -0.25) is 4.98 Å². The summed E-state index contributed by atoms with van der Waals surface area (Å²) in [6.45, 7) is 0.933. The van der Waals surface area contributed by atoms with E-state index in [4.69, 9.17) is 5.14 Å². The third-order valence-corrected chi connectivity index (χ3v) is 9.08. The number of benzene rings is 2. The van der Waals surface area contributed by atoms with E-state index in [0.29, 0.717) is 11.3 Å². The first-order chi connectivity index (χ1) is 18.1. The monoisotopic (exact) mass is 555 g/mol. The van der Waals surface area contributed by atoms with Crippen LogP contribution in [0.4, 0.5) is 15.8 Å². The summed E-state index contributed by atoms with van der Waals surface area (Å²) in [7, 11) is -6.16. The SMILES string of the molecule is CN1CCCc2c(NCc3cc(-c4ccccc4F)n(S(=O)(=O)c4cccnc4)c3)cc(S(N)(=O)=O)cc21. The van der Waals surface area contributed by atoms with Crippen LogP contribution in [0.1, 0.15) is 17.5 Å². The summed E-state index contributed by atoms with van der Waals surface area (Å²) in [4.78, 5) is 5.84. The molecule has 5 rings (SSSR count). The molecule has 12 heteroatoms. The van der Waals surface area contributed by atoms with Crippen LogP contribution < -0.4 is 15.4 Å². The Morgan fingerprint density at radius 1 is 1.05 bits per heavy atom. The maximum Gasteiger partial charge on any atom is 0.269 e. The summed E-state index contributed by atoms with van der Waals surface area (Å²) in [6.07, 6.45) is 5.77. The third-order valence-electron chi connectivity index (χ3n) is 6.53. The molecule has 9 nitrogen and oxygen atoms in total. The van der Waals surface area contributed by atoms with Gasteiger partial charge in [-0.05, 0) is 66.4 Å². The lowest BCUT2D eigenvalue weighted by molar-refractivity contribution is 0.586. The first-order valence-electron chi connectivity index (χ1n) is 11.8. The highest BCUT2D eigenvalue weighted by molar-refractivity contribution is 7.90. The number of nitrogens with one attached hydrogen (secondary N) is 1. The van der Waals surface area contributed by atoms with Gasteiger partial charge >= 0.3 is 0 Å². The quantitative estimate of drug-likeness (QED) is 0.357. The van der Waals surface area contributed by atoms with Gasteiger partial charge in [-0.15, -0.1) is 0 Å². The van der Waals surface area contributed by atoms with E-state index >= 15 is 0 Å². The van der Waals surface area contributed by atoms with Crippen LogP contribution in [-0.4, -0.2) is 39.4 Å². The molecule has 0 unspecified atom stereocenters. The molecule has 3 heterocycles. The number of primary sulfonamides is 1. The van der Waals surface area contributed by atoms with E-state index < -0.39 is 25.9 Å². The van der Waals surface area contributed by atoms with Crippen LogP contribution in [0.15, 0.2) is 83.0 Å². The molecule has 198 valence electrons. The highest BCUT2D eigenvalue weighted by atomic mass is 32.2. The van der Waals surface area contributed by atoms with Crippen molar-refractivity contribution in [3.63, 3.8) is 0 Å². The van der Waals surface area contributed by atoms with Crippen LogP contribution in [0.3, 0.4) is 0 Å². The third kappa shape index (κ3) is 4.89. The topological polar surface area (TPSA) is 127 Å². The molecule has 0 amide bonds. The van der Waals surface area contributed by atoms with Gasteiger partial charge in [0.15, 0.2) is 0 Å². The second-order valence-electron chi connectivity index (χ2n) is 9.10. The lowest BCUT2D eigenvalue weighted by Crippen LogP contribution is -2.26. The summed E-state index contributed by atoms with van der Waals surface area (Å²) < 4.78 is 67.1. The van der Waals surface area contributed by atoms with E-state index in [1.54, 1.807) is 18.2 Å². The highest BCUT2D eigenvalue weighted by Crippen LogP contribution is 2.36. The Kier molecular flexibility index (Phi) is 6.72. The zero-order chi connectivity index (χ0) is 27.1. The van der Waals surface area contributed by atoms with E-state index in [0.717, 1.165) is 34.6 Å². The predicted molar refractivity (Wildman–Crippen MR) is 143 cm³/mol. The van der Waals surface area contributed by atoms with E-state index in [1.165, 1.54) is 55.0 Å². The smallest absolute Gasteiger partial charge is 0.269 e. The molecule has 0 saturated heterocycles. The van der Waals surface area contributed by atoms with Crippen LogP contribution in [-0.2, 0) is 33.0 Å². The van der Waals surface area contributed by atoms with Gasteiger partial charge in [-0.2, -0.15) is 0 Å². The van der Waals surface area contributed by atoms with E-state index in [1.807, 2.05) is 11.9 Å². The second kappa shape index (κ2) is 9.86. The first-order valence-corrected chi connectivity index (χ1v) is 14.8. The number of hydrogen-bond donors (Lipinski definition) is 2. The Labute approximate surface area is 220 Å². The predicted octanol–water partition coefficient (Wildman–Crippen LogP) is 3.57. The molecule has 0 atom stereocenters. The molecule has 1 aliphatic heterocycles. The van der Waals surface area contributed by atoms with Crippen LogP contribution in [0.5, 0.6) is 0 Å². The first kappa shape index (κ1) is 25.9. The number of aromatic nitrogens is 2. The number of halogens is 1. The number of rotatable bonds is 7. The standard InChI is InChI=1S/C26H26FN5O4S2/c1-31-11-5-8-22-24(13-20(14-25(22)31)37(28,33)34)30-15-18-12-26(21-7-2-3-9-23(21)27)32(17-18)38(35,36)19-6-4-10-29-16-19/h2-4,6-7,9-10,12-14,16-17,30H,5,8,11,15H2,1H3,(H2,28,33,34). The van der Waals surface area contributed by atoms with Crippen molar-refractivity contribution in [1.82, 2.24) is 8.96 Å². The normalized spacial score (nSPS) is 13.8. The molecule has 4 aromatic rings. The molecule has 3 N–H and O–H groups in total. The Bertz CT molecular complexity index is 1720. The Hall–Kier alpha value is -3.74. The maximum atomic E-state index is 14.8. The molecule has 2 aromatic carbocycles. The number of fused-ring (bicyclic) bond motifs is 1. The molecule has 2 aromatic heterocycles. The second-order valence-corrected chi connectivity index (χ2v) is 12.5. The van der Waals surface area contributed by atoms with Crippen molar-refractivity contribution < 1.29 is 21.2 Å². The summed E-state index contributed by atoms with van der Waals surface area (Å²) in [5.41, 5.74) is 3.14. The van der Waals surface area contributed by atoms with E-state index in [-0.39, 0.29) is 27.6 Å². The van der Waals surface area contributed by atoms with Crippen molar-refractivity contribution in [2.75, 3.05) is 23.8 Å². The van der Waals surface area contributed by atoms with Crippen LogP contribution in [0.25, 0.3) is 11.3 Å². The van der Waals surface area contributed by atoms with Gasteiger partial charge < -0.3 is 10.2 Å². The van der Waals surface area contributed by atoms with Gasteiger partial charge in [0.2, 0.25) is 10.0 Å². The van der Waals surface area contributed by atoms with Crippen molar-refractivity contribution in [3.05, 3.63) is 90.1 Å². The van der Waals surface area contributed by atoms with E-state index in [2.05, 4.69) is 10.3 Å². The van der Waals surface area contributed by atoms with Crippen molar-refractivity contribution in [1.29, 1.82) is 0 Å². The molecular formula is C26H26FN5O4S2. The number of anilines is 2. The van der Waals surface area contributed by atoms with Gasteiger partial charge in [0.1, 0.15) is 10.7 Å². The number of pyridine rings is 1. The van der Waals surface area contributed by atoms with Gasteiger partial charge in [0, 0.05) is 55.7 Å². The number of nitrogens with two attached hydrogens (primary N) is 1. The maximum absolute atomic E-state index is 14.8. The fraction of sp³-hybridized carbons (Fsp3) is 0.192. The molecule has 1 aliphatic rings. The average molecular weight is 556 g/mol. The Morgan fingerprint density at radius 2 is 1.84 bits per heavy atom. The van der Waals surface area contributed by atoms with Crippen LogP contribution in [0.2, 0.25) is 0 Å². The lowest BCUT2D eigenvalue weighted by atomic mass is 10.00. The molecule has 0 fully saturated rings. The molecule has 0 bridgehead atoms. The van der Waals surface area contributed by atoms with Crippen molar-refractivity contribution in [3.8, 4) is 11.3 Å². The van der Waals surface area contributed by atoms with Crippen molar-refractivity contribution in [2.45, 2.75) is 29.2 Å². The van der Waals surface area contributed by atoms with Crippen molar-refractivity contribution >= 4 is 31.4 Å². The molecule has 0 spiro atoms. The minimum Gasteiger partial charge on any atom is -0.381 e. The fourth-order valence-corrected chi connectivity index (χ4v) is 6.55. The zero-order valence-electron chi connectivity index (χ0n) is 20.5. The Morgan fingerprint density at radius 3 is 2.55 bits per heavy atom. The number of sulfonamides is 1. The molecule has 0 saturated carbocycles. The number of hydrogen-bond acceptors (Lipinski definition) is 7. The minimum atomic E-state index is -4.09. The van der Waals surface area contributed by atoms with Crippen LogP contribution >= 0.6 is 0 Å². The molecule has 0 aliphatic carbocycles. The summed E-state index contributed by atoms with van der Waals surface area (Å²) in [6, 6.07) is 13.5. The zero-order valence-corrected chi connectivity index (χ0v) is 22.1. The fourth-order valence-electron chi connectivity index (χ4n) is 4.64. The highest BCUT2D eigenvalue weighted by Gasteiger charge is 2.25. The van der Waals surface area contributed by atoms with Gasteiger partial charge in [0.25, 0.3) is 10.0 Å². The summed E-state index contributed by atoms with van der Waals surface area (Å²) >= 11 is 0. The van der Waals surface area contributed by atoms with Crippen LogP contribution in [0, 0.1) is 5.82 Å². The number of nitrogens with zero attached hydrogens (tertiary/aromatic N) is 3.